The van der Waals surface area contributed by atoms with Gasteiger partial charge in [-0.3, -0.25) is 14.4 Å². The molecule has 0 spiro atoms. The zero-order valence-electron chi connectivity index (χ0n) is 14.4. The molecule has 3 heterocycles. The molecule has 0 radical (unpaired) electrons. The predicted octanol–water partition coefficient (Wildman–Crippen LogP) is 2.58. The van der Waals surface area contributed by atoms with Crippen molar-refractivity contribution in [3.63, 3.8) is 0 Å². The summed E-state index contributed by atoms with van der Waals surface area (Å²) >= 11 is 0. The van der Waals surface area contributed by atoms with Crippen LogP contribution in [0, 0.1) is 5.92 Å². The first-order valence-electron chi connectivity index (χ1n) is 8.91. The first-order chi connectivity index (χ1) is 12.5. The van der Waals surface area contributed by atoms with Crippen molar-refractivity contribution in [2.24, 2.45) is 5.92 Å². The smallest absolute Gasteiger partial charge is 0.249 e. The maximum absolute atomic E-state index is 12.9. The number of rotatable bonds is 6. The van der Waals surface area contributed by atoms with Crippen molar-refractivity contribution in [1.29, 1.82) is 0 Å². The van der Waals surface area contributed by atoms with E-state index in [-0.39, 0.29) is 24.8 Å². The minimum atomic E-state index is -2.66. The summed E-state index contributed by atoms with van der Waals surface area (Å²) in [5.41, 5.74) is 2.26. The van der Waals surface area contributed by atoms with Gasteiger partial charge in [-0.1, -0.05) is 0 Å². The highest BCUT2D eigenvalue weighted by molar-refractivity contribution is 5.79. The van der Waals surface area contributed by atoms with Crippen LogP contribution < -0.4 is 5.32 Å². The number of nitrogens with one attached hydrogen (secondary N) is 1. The lowest BCUT2D eigenvalue weighted by Crippen LogP contribution is -2.45. The maximum atomic E-state index is 12.9. The van der Waals surface area contributed by atoms with Crippen LogP contribution in [0.4, 0.5) is 8.78 Å². The fourth-order valence-corrected chi connectivity index (χ4v) is 3.79. The molecule has 1 aliphatic carbocycles. The van der Waals surface area contributed by atoms with Gasteiger partial charge in [0.1, 0.15) is 0 Å². The average molecular weight is 364 g/mol. The average Bonchev–Trinajstić information content (AvgIpc) is 3.23. The van der Waals surface area contributed by atoms with Crippen molar-refractivity contribution in [3.8, 4) is 0 Å². The first kappa shape index (κ1) is 17.2. The van der Waals surface area contributed by atoms with Crippen molar-refractivity contribution in [2.75, 3.05) is 13.1 Å². The molecule has 2 aromatic rings. The van der Waals surface area contributed by atoms with Crippen LogP contribution in [0.3, 0.4) is 0 Å². The summed E-state index contributed by atoms with van der Waals surface area (Å²) in [5.74, 6) is -3.47. The molecule has 2 aromatic heterocycles. The highest BCUT2D eigenvalue weighted by Gasteiger charge is 2.48. The molecule has 1 aliphatic heterocycles. The molecule has 1 unspecified atom stereocenters. The molecule has 8 heteroatoms. The van der Waals surface area contributed by atoms with Gasteiger partial charge >= 0.3 is 0 Å². The Bertz CT molecular complexity index is 751. The third kappa shape index (κ3) is 3.65. The second-order valence-electron chi connectivity index (χ2n) is 7.26. The normalized spacial score (nSPS) is 22.6. The molecule has 0 saturated heterocycles. The van der Waals surface area contributed by atoms with Crippen molar-refractivity contribution < 1.29 is 18.0 Å². The highest BCUT2D eigenvalue weighted by Crippen LogP contribution is 2.42. The third-order valence-corrected chi connectivity index (χ3v) is 5.18. The quantitative estimate of drug-likeness (QED) is 0.856. The second kappa shape index (κ2) is 6.83. The van der Waals surface area contributed by atoms with E-state index in [0.29, 0.717) is 13.0 Å². The van der Waals surface area contributed by atoms with Crippen LogP contribution in [0.1, 0.15) is 36.6 Å². The topological polar surface area (TPSA) is 63.3 Å². The van der Waals surface area contributed by atoms with E-state index in [2.05, 4.69) is 15.3 Å². The van der Waals surface area contributed by atoms with Gasteiger partial charge in [-0.2, -0.15) is 5.10 Å². The van der Waals surface area contributed by atoms with Gasteiger partial charge in [-0.05, 0) is 18.6 Å². The zero-order chi connectivity index (χ0) is 18.1. The van der Waals surface area contributed by atoms with E-state index < -0.39 is 11.8 Å². The summed E-state index contributed by atoms with van der Waals surface area (Å²) in [6.45, 7) is 2.88. The SMILES string of the molecule is O=C(NCCC1CN(Cc2ccoc2)Cc2ccnn21)C1CC(F)(F)C1. The zero-order valence-corrected chi connectivity index (χ0v) is 14.4. The summed E-state index contributed by atoms with van der Waals surface area (Å²) in [5, 5.41) is 7.21. The number of hydrogen-bond acceptors (Lipinski definition) is 4. The molecular formula is C18H22F2N4O2. The summed E-state index contributed by atoms with van der Waals surface area (Å²) < 4.78 is 32.9. The number of amides is 1. The Hall–Kier alpha value is -2.22. The van der Waals surface area contributed by atoms with Gasteiger partial charge in [0, 0.05) is 56.7 Å². The van der Waals surface area contributed by atoms with E-state index in [4.69, 9.17) is 4.42 Å². The Balaban J connectivity index is 1.31. The number of fused-ring (bicyclic) bond motifs is 1. The van der Waals surface area contributed by atoms with E-state index >= 15 is 0 Å². The van der Waals surface area contributed by atoms with Gasteiger partial charge < -0.3 is 9.73 Å². The number of halogens is 2. The van der Waals surface area contributed by atoms with Crippen molar-refractivity contribution in [3.05, 3.63) is 42.1 Å². The van der Waals surface area contributed by atoms with E-state index in [1.54, 1.807) is 18.7 Å². The van der Waals surface area contributed by atoms with Crippen LogP contribution in [-0.4, -0.2) is 39.6 Å². The lowest BCUT2D eigenvalue weighted by atomic mass is 9.81. The van der Waals surface area contributed by atoms with Crippen LogP contribution in [0.5, 0.6) is 0 Å². The number of furan rings is 1. The maximum Gasteiger partial charge on any atom is 0.249 e. The van der Waals surface area contributed by atoms with Crippen LogP contribution >= 0.6 is 0 Å². The molecule has 1 atom stereocenters. The molecule has 1 N–H and O–H groups in total. The Kier molecular flexibility index (Phi) is 4.52. The number of nitrogens with zero attached hydrogens (tertiary/aromatic N) is 3. The Labute approximate surface area is 150 Å². The summed E-state index contributed by atoms with van der Waals surface area (Å²) in [4.78, 5) is 14.3. The molecular weight excluding hydrogens is 342 g/mol. The van der Waals surface area contributed by atoms with Crippen molar-refractivity contribution >= 4 is 5.91 Å². The molecule has 6 nitrogen and oxygen atoms in total. The number of carbonyl (C=O) groups is 1. The molecule has 1 saturated carbocycles. The van der Waals surface area contributed by atoms with Crippen LogP contribution in [-0.2, 0) is 17.9 Å². The first-order valence-corrected chi connectivity index (χ1v) is 8.91. The largest absolute Gasteiger partial charge is 0.472 e. The summed E-state index contributed by atoms with van der Waals surface area (Å²) in [7, 11) is 0. The number of alkyl halides is 2. The fourth-order valence-electron chi connectivity index (χ4n) is 3.79. The van der Waals surface area contributed by atoms with Crippen LogP contribution in [0.2, 0.25) is 0 Å². The van der Waals surface area contributed by atoms with Crippen molar-refractivity contribution in [2.45, 2.75) is 44.3 Å². The lowest BCUT2D eigenvalue weighted by Gasteiger charge is -2.35. The minimum absolute atomic E-state index is 0.142. The molecule has 1 amide bonds. The van der Waals surface area contributed by atoms with Crippen molar-refractivity contribution in [1.82, 2.24) is 20.0 Å². The fraction of sp³-hybridized carbons (Fsp3) is 0.556. The molecule has 140 valence electrons. The molecule has 4 rings (SSSR count). The summed E-state index contributed by atoms with van der Waals surface area (Å²) in [6, 6.07) is 4.10. The third-order valence-electron chi connectivity index (χ3n) is 5.18. The molecule has 26 heavy (non-hydrogen) atoms. The lowest BCUT2D eigenvalue weighted by molar-refractivity contribution is -0.150. The van der Waals surface area contributed by atoms with Crippen LogP contribution in [0.15, 0.2) is 35.3 Å². The Morgan fingerprint density at radius 1 is 1.38 bits per heavy atom. The van der Waals surface area contributed by atoms with E-state index in [0.717, 1.165) is 30.9 Å². The molecule has 0 bridgehead atoms. The molecule has 0 aromatic carbocycles. The summed E-state index contributed by atoms with van der Waals surface area (Å²) in [6.07, 6.45) is 5.26. The van der Waals surface area contributed by atoms with Gasteiger partial charge in [-0.15, -0.1) is 0 Å². The second-order valence-corrected chi connectivity index (χ2v) is 7.26. The predicted molar refractivity (Wildman–Crippen MR) is 89.4 cm³/mol. The molecule has 2 aliphatic rings. The van der Waals surface area contributed by atoms with E-state index in [1.165, 1.54) is 0 Å². The Morgan fingerprint density at radius 3 is 2.96 bits per heavy atom. The van der Waals surface area contributed by atoms with Gasteiger partial charge in [0.25, 0.3) is 0 Å². The Morgan fingerprint density at radius 2 is 2.23 bits per heavy atom. The minimum Gasteiger partial charge on any atom is -0.472 e. The number of hydrogen-bond donors (Lipinski definition) is 1. The van der Waals surface area contributed by atoms with Gasteiger partial charge in [0.05, 0.1) is 24.3 Å². The van der Waals surface area contributed by atoms with E-state index in [9.17, 15) is 13.6 Å². The standard InChI is InChI=1S/C18H22F2N4O2/c19-18(20)7-14(8-18)17(25)21-4-1-15-10-23(9-13-3-6-26-12-13)11-16-2-5-22-24(15)16/h2-3,5-6,12,14-15H,1,4,7-11H2,(H,21,25). The highest BCUT2D eigenvalue weighted by atomic mass is 19.3. The number of aromatic nitrogens is 2. The van der Waals surface area contributed by atoms with Gasteiger partial charge in [0.15, 0.2) is 0 Å². The van der Waals surface area contributed by atoms with E-state index in [1.807, 2.05) is 16.8 Å². The van der Waals surface area contributed by atoms with Gasteiger partial charge in [0.2, 0.25) is 11.8 Å². The van der Waals surface area contributed by atoms with Crippen LogP contribution in [0.25, 0.3) is 0 Å². The van der Waals surface area contributed by atoms with Gasteiger partial charge in [-0.25, -0.2) is 8.78 Å². The number of carbonyl (C=O) groups excluding carboxylic acids is 1. The monoisotopic (exact) mass is 364 g/mol. The molecule has 1 fully saturated rings.